The number of carbonyl (C=O) groups is 2. The molecule has 1 rings (SSSR count). The summed E-state index contributed by atoms with van der Waals surface area (Å²) in [5, 5.41) is 15.7. The number of nitro groups is 1. The molecule has 2 amide bonds. The second-order valence-corrected chi connectivity index (χ2v) is 4.16. The van der Waals surface area contributed by atoms with Gasteiger partial charge in [0.25, 0.3) is 11.6 Å². The lowest BCUT2D eigenvalue weighted by molar-refractivity contribution is -0.384. The monoisotopic (exact) mass is 295 g/mol. The van der Waals surface area contributed by atoms with Crippen LogP contribution in [0.5, 0.6) is 0 Å². The predicted molar refractivity (Wildman–Crippen MR) is 76.5 cm³/mol. The number of rotatable bonds is 7. The van der Waals surface area contributed by atoms with Crippen molar-refractivity contribution >= 4 is 23.2 Å². The smallest absolute Gasteiger partial charge is 0.270 e. The topological polar surface area (TPSA) is 139 Å². The molecule has 1 aromatic rings. The molecule has 9 heteroatoms. The second kappa shape index (κ2) is 7.80. The third-order valence-electron chi connectivity index (χ3n) is 2.60. The van der Waals surface area contributed by atoms with Crippen molar-refractivity contribution in [3.63, 3.8) is 0 Å². The molecule has 0 aliphatic heterocycles. The van der Waals surface area contributed by atoms with E-state index in [0.29, 0.717) is 6.54 Å². The number of amides is 2. The summed E-state index contributed by atoms with van der Waals surface area (Å²) in [6, 6.07) is 3.64. The van der Waals surface area contributed by atoms with Gasteiger partial charge in [-0.05, 0) is 12.5 Å². The quantitative estimate of drug-likeness (QED) is 0.320. The average Bonchev–Trinajstić information content (AvgIpc) is 2.49. The lowest BCUT2D eigenvalue weighted by Crippen LogP contribution is -2.37. The fourth-order valence-corrected chi connectivity index (χ4v) is 1.54. The van der Waals surface area contributed by atoms with Crippen molar-refractivity contribution in [1.82, 2.24) is 10.6 Å². The van der Waals surface area contributed by atoms with Crippen LogP contribution >= 0.6 is 0 Å². The van der Waals surface area contributed by atoms with E-state index in [1.807, 2.05) is 6.92 Å². The van der Waals surface area contributed by atoms with Gasteiger partial charge in [0.05, 0.1) is 22.7 Å². The maximum atomic E-state index is 12.0. The van der Waals surface area contributed by atoms with Crippen molar-refractivity contribution in [3.05, 3.63) is 33.9 Å². The summed E-state index contributed by atoms with van der Waals surface area (Å²) in [7, 11) is 0. The Morgan fingerprint density at radius 1 is 1.33 bits per heavy atom. The molecular formula is C12H17N5O4. The standard InChI is InChI=1S/C12H17N5O4/c1-2-5-14-11(18)7-15-12(19)9-6-8(17(20)21)3-4-10(9)16-13/h3-4,6,16H,2,5,7,13H2,1H3,(H,14,18)(H,15,19). The van der Waals surface area contributed by atoms with Crippen molar-refractivity contribution in [2.24, 2.45) is 5.84 Å². The van der Waals surface area contributed by atoms with Crippen LogP contribution in [0.4, 0.5) is 11.4 Å². The van der Waals surface area contributed by atoms with Crippen LogP contribution in [0.2, 0.25) is 0 Å². The zero-order chi connectivity index (χ0) is 15.8. The molecule has 0 spiro atoms. The summed E-state index contributed by atoms with van der Waals surface area (Å²) < 4.78 is 0. The minimum Gasteiger partial charge on any atom is -0.355 e. The van der Waals surface area contributed by atoms with Crippen molar-refractivity contribution in [3.8, 4) is 0 Å². The first-order valence-electron chi connectivity index (χ1n) is 6.29. The second-order valence-electron chi connectivity index (χ2n) is 4.16. The Balaban J connectivity index is 2.78. The molecule has 1 aromatic carbocycles. The van der Waals surface area contributed by atoms with Gasteiger partial charge in [0.1, 0.15) is 0 Å². The molecule has 0 radical (unpaired) electrons. The molecule has 0 fully saturated rings. The van der Waals surface area contributed by atoms with Crippen LogP contribution in [-0.4, -0.2) is 29.8 Å². The number of benzene rings is 1. The molecular weight excluding hydrogens is 278 g/mol. The number of nitro benzene ring substituents is 1. The highest BCUT2D eigenvalue weighted by Crippen LogP contribution is 2.21. The van der Waals surface area contributed by atoms with E-state index in [1.165, 1.54) is 12.1 Å². The number of hydrogen-bond acceptors (Lipinski definition) is 6. The van der Waals surface area contributed by atoms with Crippen LogP contribution in [0.1, 0.15) is 23.7 Å². The van der Waals surface area contributed by atoms with Gasteiger partial charge >= 0.3 is 0 Å². The third-order valence-corrected chi connectivity index (χ3v) is 2.60. The fraction of sp³-hybridized carbons (Fsp3) is 0.333. The SMILES string of the molecule is CCCNC(=O)CNC(=O)c1cc([N+](=O)[O-])ccc1NN. The van der Waals surface area contributed by atoms with Crippen LogP contribution < -0.4 is 21.9 Å². The molecule has 0 aliphatic rings. The Labute approximate surface area is 121 Å². The first-order chi connectivity index (χ1) is 9.99. The molecule has 0 aliphatic carbocycles. The maximum Gasteiger partial charge on any atom is 0.270 e. The molecule has 0 saturated carbocycles. The number of anilines is 1. The van der Waals surface area contributed by atoms with E-state index in [1.54, 1.807) is 0 Å². The Kier molecular flexibility index (Phi) is 6.08. The molecule has 0 unspecified atom stereocenters. The van der Waals surface area contributed by atoms with Gasteiger partial charge in [0.2, 0.25) is 5.91 Å². The van der Waals surface area contributed by atoms with E-state index in [9.17, 15) is 19.7 Å². The first kappa shape index (κ1) is 16.4. The minimum absolute atomic E-state index is 0.00464. The van der Waals surface area contributed by atoms with Gasteiger partial charge in [0, 0.05) is 18.7 Å². The van der Waals surface area contributed by atoms with Gasteiger partial charge in [-0.1, -0.05) is 6.92 Å². The molecule has 5 N–H and O–H groups in total. The highest BCUT2D eigenvalue weighted by atomic mass is 16.6. The zero-order valence-corrected chi connectivity index (χ0v) is 11.5. The van der Waals surface area contributed by atoms with Gasteiger partial charge < -0.3 is 16.1 Å². The van der Waals surface area contributed by atoms with Gasteiger partial charge in [-0.15, -0.1) is 0 Å². The molecule has 0 bridgehead atoms. The highest BCUT2D eigenvalue weighted by Gasteiger charge is 2.16. The average molecular weight is 295 g/mol. The number of nitrogens with two attached hydrogens (primary N) is 1. The van der Waals surface area contributed by atoms with Crippen molar-refractivity contribution < 1.29 is 14.5 Å². The maximum absolute atomic E-state index is 12.0. The van der Waals surface area contributed by atoms with Crippen LogP contribution in [0.25, 0.3) is 0 Å². The molecule has 0 atom stereocenters. The molecule has 114 valence electrons. The molecule has 0 heterocycles. The lowest BCUT2D eigenvalue weighted by Gasteiger charge is -2.09. The van der Waals surface area contributed by atoms with Crippen LogP contribution in [0.15, 0.2) is 18.2 Å². The molecule has 9 nitrogen and oxygen atoms in total. The Bertz CT molecular complexity index is 546. The summed E-state index contributed by atoms with van der Waals surface area (Å²) in [6.45, 7) is 2.20. The summed E-state index contributed by atoms with van der Waals surface area (Å²) in [5.41, 5.74) is 2.26. The number of non-ortho nitro benzene ring substituents is 1. The summed E-state index contributed by atoms with van der Waals surface area (Å²) in [4.78, 5) is 33.5. The van der Waals surface area contributed by atoms with Gasteiger partial charge in [-0.3, -0.25) is 25.5 Å². The largest absolute Gasteiger partial charge is 0.355 e. The molecule has 0 saturated heterocycles. The Hall–Kier alpha value is -2.68. The number of nitrogens with zero attached hydrogens (tertiary/aromatic N) is 1. The van der Waals surface area contributed by atoms with E-state index in [2.05, 4.69) is 16.1 Å². The Morgan fingerprint density at radius 3 is 2.62 bits per heavy atom. The fourth-order valence-electron chi connectivity index (χ4n) is 1.54. The van der Waals surface area contributed by atoms with E-state index < -0.39 is 10.8 Å². The van der Waals surface area contributed by atoms with E-state index in [-0.39, 0.29) is 29.4 Å². The highest BCUT2D eigenvalue weighted by molar-refractivity contribution is 6.01. The summed E-state index contributed by atoms with van der Waals surface area (Å²) >= 11 is 0. The number of hydrogen-bond donors (Lipinski definition) is 4. The Morgan fingerprint density at radius 2 is 2.05 bits per heavy atom. The van der Waals surface area contributed by atoms with Crippen LogP contribution in [-0.2, 0) is 4.79 Å². The normalized spacial score (nSPS) is 9.81. The number of carbonyl (C=O) groups excluding carboxylic acids is 2. The van der Waals surface area contributed by atoms with Gasteiger partial charge in [-0.25, -0.2) is 0 Å². The van der Waals surface area contributed by atoms with Crippen LogP contribution in [0.3, 0.4) is 0 Å². The van der Waals surface area contributed by atoms with E-state index in [4.69, 9.17) is 5.84 Å². The van der Waals surface area contributed by atoms with Crippen molar-refractivity contribution in [2.75, 3.05) is 18.5 Å². The molecule has 21 heavy (non-hydrogen) atoms. The van der Waals surface area contributed by atoms with Crippen molar-refractivity contribution in [2.45, 2.75) is 13.3 Å². The summed E-state index contributed by atoms with van der Waals surface area (Å²) in [6.07, 6.45) is 0.784. The number of nitrogens with one attached hydrogen (secondary N) is 3. The van der Waals surface area contributed by atoms with E-state index >= 15 is 0 Å². The number of nitrogen functional groups attached to an aromatic ring is 1. The zero-order valence-electron chi connectivity index (χ0n) is 11.5. The van der Waals surface area contributed by atoms with Gasteiger partial charge in [-0.2, -0.15) is 0 Å². The third kappa shape index (κ3) is 4.73. The van der Waals surface area contributed by atoms with Gasteiger partial charge in [0.15, 0.2) is 0 Å². The first-order valence-corrected chi connectivity index (χ1v) is 6.29. The van der Waals surface area contributed by atoms with E-state index in [0.717, 1.165) is 12.5 Å². The number of hydrazine groups is 1. The summed E-state index contributed by atoms with van der Waals surface area (Å²) in [5.74, 6) is 4.30. The minimum atomic E-state index is -0.627. The lowest BCUT2D eigenvalue weighted by atomic mass is 10.1. The molecule has 0 aromatic heterocycles. The predicted octanol–water partition coefficient (Wildman–Crippen LogP) is 0.136. The van der Waals surface area contributed by atoms with Crippen LogP contribution in [0, 0.1) is 10.1 Å². The van der Waals surface area contributed by atoms with Crippen molar-refractivity contribution in [1.29, 1.82) is 0 Å².